The van der Waals surface area contributed by atoms with Crippen molar-refractivity contribution in [3.05, 3.63) is 42.0 Å². The monoisotopic (exact) mass is 257 g/mol. The van der Waals surface area contributed by atoms with Crippen LogP contribution in [0, 0.1) is 11.3 Å². The highest BCUT2D eigenvalue weighted by Gasteiger charge is 2.19. The van der Waals surface area contributed by atoms with Crippen molar-refractivity contribution in [1.82, 2.24) is 9.80 Å². The van der Waals surface area contributed by atoms with E-state index in [4.69, 9.17) is 10.4 Å². The van der Waals surface area contributed by atoms with Gasteiger partial charge in [-0.1, -0.05) is 30.3 Å². The van der Waals surface area contributed by atoms with E-state index >= 15 is 0 Å². The molecule has 100 valence electrons. The molecule has 4 nitrogen and oxygen atoms in total. The van der Waals surface area contributed by atoms with E-state index in [1.165, 1.54) is 0 Å². The molecule has 1 aromatic rings. The highest BCUT2D eigenvalue weighted by molar-refractivity contribution is 5.66. The molecule has 19 heavy (non-hydrogen) atoms. The molecule has 1 saturated heterocycles. The van der Waals surface area contributed by atoms with Gasteiger partial charge in [-0.3, -0.25) is 4.90 Å². The van der Waals surface area contributed by atoms with E-state index in [1.807, 2.05) is 30.3 Å². The predicted octanol–water partition coefficient (Wildman–Crippen LogP) is 1.16. The van der Waals surface area contributed by atoms with Gasteiger partial charge in [-0.15, -0.1) is 0 Å². The van der Waals surface area contributed by atoms with Crippen LogP contribution in [0.3, 0.4) is 0 Å². The second-order valence-corrected chi connectivity index (χ2v) is 4.58. The zero-order chi connectivity index (χ0) is 13.5. The Morgan fingerprint density at radius 3 is 2.47 bits per heavy atom. The molecule has 0 radical (unpaired) electrons. The second-order valence-electron chi connectivity index (χ2n) is 4.58. The smallest absolute Gasteiger partial charge is 0.0934 e. The lowest BCUT2D eigenvalue weighted by Gasteiger charge is -2.37. The third-order valence-corrected chi connectivity index (χ3v) is 3.40. The molecule has 0 spiro atoms. The largest absolute Gasteiger partial charge is 0.395 e. The van der Waals surface area contributed by atoms with Crippen LogP contribution >= 0.6 is 0 Å². The molecule has 1 aliphatic rings. The summed E-state index contributed by atoms with van der Waals surface area (Å²) < 4.78 is 0. The van der Waals surface area contributed by atoms with Crippen molar-refractivity contribution in [3.63, 3.8) is 0 Å². The summed E-state index contributed by atoms with van der Waals surface area (Å²) in [5.41, 5.74) is 2.08. The SMILES string of the molecule is N#C/C=C(\c1ccccc1)N1CCN(CCO)CC1. The van der Waals surface area contributed by atoms with Crippen LogP contribution in [0.1, 0.15) is 5.56 Å². The Morgan fingerprint density at radius 1 is 1.21 bits per heavy atom. The zero-order valence-electron chi connectivity index (χ0n) is 11.0. The maximum absolute atomic E-state index is 8.97. The predicted molar refractivity (Wildman–Crippen MR) is 75.1 cm³/mol. The Hall–Kier alpha value is -1.83. The average molecular weight is 257 g/mol. The van der Waals surface area contributed by atoms with Gasteiger partial charge in [0.2, 0.25) is 0 Å². The molecule has 1 aromatic carbocycles. The van der Waals surface area contributed by atoms with Crippen molar-refractivity contribution in [3.8, 4) is 6.07 Å². The quantitative estimate of drug-likeness (QED) is 0.822. The Kier molecular flexibility index (Phi) is 4.96. The first-order chi connectivity index (χ1) is 9.35. The van der Waals surface area contributed by atoms with Gasteiger partial charge < -0.3 is 10.0 Å². The summed E-state index contributed by atoms with van der Waals surface area (Å²) in [6.45, 7) is 4.58. The van der Waals surface area contributed by atoms with Gasteiger partial charge in [0.15, 0.2) is 0 Å². The molecule has 1 N–H and O–H groups in total. The van der Waals surface area contributed by atoms with Gasteiger partial charge in [-0.25, -0.2) is 0 Å². The summed E-state index contributed by atoms with van der Waals surface area (Å²) in [6, 6.07) is 12.2. The van der Waals surface area contributed by atoms with Crippen LogP contribution in [-0.4, -0.2) is 54.2 Å². The molecule has 0 atom stereocenters. The lowest BCUT2D eigenvalue weighted by atomic mass is 10.1. The van der Waals surface area contributed by atoms with Crippen LogP contribution in [-0.2, 0) is 0 Å². The fourth-order valence-corrected chi connectivity index (χ4v) is 2.38. The summed E-state index contributed by atoms with van der Waals surface area (Å²) in [5, 5.41) is 17.9. The summed E-state index contributed by atoms with van der Waals surface area (Å²) in [7, 11) is 0. The molecule has 1 heterocycles. The van der Waals surface area contributed by atoms with Gasteiger partial charge in [0.05, 0.1) is 18.4 Å². The van der Waals surface area contributed by atoms with E-state index in [0.717, 1.165) is 44.0 Å². The molecule has 4 heteroatoms. The van der Waals surface area contributed by atoms with E-state index in [2.05, 4.69) is 15.9 Å². The van der Waals surface area contributed by atoms with Crippen molar-refractivity contribution >= 4 is 5.70 Å². The number of hydrogen-bond acceptors (Lipinski definition) is 4. The fourth-order valence-electron chi connectivity index (χ4n) is 2.38. The Balaban J connectivity index is 2.07. The maximum atomic E-state index is 8.97. The first-order valence-corrected chi connectivity index (χ1v) is 6.58. The molecule has 0 unspecified atom stereocenters. The van der Waals surface area contributed by atoms with Crippen molar-refractivity contribution < 1.29 is 5.11 Å². The number of nitrogens with zero attached hydrogens (tertiary/aromatic N) is 3. The number of nitriles is 1. The standard InChI is InChI=1S/C15H19N3O/c16-7-6-15(14-4-2-1-3-5-14)18-10-8-17(9-11-18)12-13-19/h1-6,19H,8-13H2/b15-6+. The first kappa shape index (κ1) is 13.6. The van der Waals surface area contributed by atoms with Gasteiger partial charge in [-0.2, -0.15) is 5.26 Å². The van der Waals surface area contributed by atoms with Crippen LogP contribution in [0.4, 0.5) is 0 Å². The van der Waals surface area contributed by atoms with Crippen LogP contribution in [0.15, 0.2) is 36.4 Å². The molecular weight excluding hydrogens is 238 g/mol. The van der Waals surface area contributed by atoms with Gasteiger partial charge in [0.1, 0.15) is 0 Å². The number of piperazine rings is 1. The molecule has 0 aliphatic carbocycles. The first-order valence-electron chi connectivity index (χ1n) is 6.58. The molecule has 2 rings (SSSR count). The van der Waals surface area contributed by atoms with Gasteiger partial charge in [0.25, 0.3) is 0 Å². The minimum atomic E-state index is 0.208. The Labute approximate surface area is 114 Å². The number of aliphatic hydroxyl groups excluding tert-OH is 1. The third kappa shape index (κ3) is 3.57. The van der Waals surface area contributed by atoms with Crippen LogP contribution < -0.4 is 0 Å². The number of rotatable bonds is 4. The minimum absolute atomic E-state index is 0.208. The fraction of sp³-hybridized carbons (Fsp3) is 0.400. The number of β-amino-alcohol motifs (C(OH)–C–C–N with tert-alkyl or cyclic N) is 1. The zero-order valence-corrected chi connectivity index (χ0v) is 11.0. The molecule has 0 saturated carbocycles. The molecule has 0 aromatic heterocycles. The molecule has 0 amide bonds. The van der Waals surface area contributed by atoms with Crippen molar-refractivity contribution in [2.45, 2.75) is 0 Å². The van der Waals surface area contributed by atoms with E-state index < -0.39 is 0 Å². The van der Waals surface area contributed by atoms with E-state index in [-0.39, 0.29) is 6.61 Å². The lowest BCUT2D eigenvalue weighted by Crippen LogP contribution is -2.46. The highest BCUT2D eigenvalue weighted by atomic mass is 16.3. The molecule has 0 bridgehead atoms. The number of benzene rings is 1. The Bertz CT molecular complexity index is 456. The van der Waals surface area contributed by atoms with Gasteiger partial charge in [0, 0.05) is 38.8 Å². The van der Waals surface area contributed by atoms with E-state index in [1.54, 1.807) is 6.08 Å². The maximum Gasteiger partial charge on any atom is 0.0934 e. The molecule has 1 aliphatic heterocycles. The average Bonchev–Trinajstić information content (AvgIpc) is 2.47. The second kappa shape index (κ2) is 6.93. The van der Waals surface area contributed by atoms with Gasteiger partial charge in [-0.05, 0) is 5.56 Å². The lowest BCUT2D eigenvalue weighted by molar-refractivity contribution is 0.143. The van der Waals surface area contributed by atoms with Crippen molar-refractivity contribution in [2.24, 2.45) is 0 Å². The Morgan fingerprint density at radius 2 is 1.89 bits per heavy atom. The van der Waals surface area contributed by atoms with E-state index in [9.17, 15) is 0 Å². The summed E-state index contributed by atoms with van der Waals surface area (Å²) in [4.78, 5) is 4.48. The van der Waals surface area contributed by atoms with Crippen LogP contribution in [0.5, 0.6) is 0 Å². The summed E-state index contributed by atoms with van der Waals surface area (Å²) in [6.07, 6.45) is 1.62. The summed E-state index contributed by atoms with van der Waals surface area (Å²) >= 11 is 0. The number of aliphatic hydroxyl groups is 1. The minimum Gasteiger partial charge on any atom is -0.395 e. The normalized spacial score (nSPS) is 17.3. The highest BCUT2D eigenvalue weighted by Crippen LogP contribution is 2.20. The summed E-state index contributed by atoms with van der Waals surface area (Å²) in [5.74, 6) is 0. The van der Waals surface area contributed by atoms with Crippen molar-refractivity contribution in [1.29, 1.82) is 5.26 Å². The van der Waals surface area contributed by atoms with E-state index in [0.29, 0.717) is 0 Å². The third-order valence-electron chi connectivity index (χ3n) is 3.40. The van der Waals surface area contributed by atoms with Crippen LogP contribution in [0.25, 0.3) is 5.70 Å². The number of allylic oxidation sites excluding steroid dienone is 1. The van der Waals surface area contributed by atoms with Crippen molar-refractivity contribution in [2.75, 3.05) is 39.3 Å². The van der Waals surface area contributed by atoms with Gasteiger partial charge >= 0.3 is 0 Å². The van der Waals surface area contributed by atoms with Crippen LogP contribution in [0.2, 0.25) is 0 Å². The molecule has 1 fully saturated rings. The molecular formula is C15H19N3O. The topological polar surface area (TPSA) is 50.5 Å². The number of hydrogen-bond donors (Lipinski definition) is 1.